The fourth-order valence-corrected chi connectivity index (χ4v) is 6.62. The summed E-state index contributed by atoms with van der Waals surface area (Å²) in [5, 5.41) is 0. The van der Waals surface area contributed by atoms with Crippen LogP contribution in [0.25, 0.3) is 0 Å². The smallest absolute Gasteiger partial charge is 0.256 e. The van der Waals surface area contributed by atoms with Crippen molar-refractivity contribution in [1.82, 2.24) is 14.2 Å². The molecule has 0 radical (unpaired) electrons. The molecule has 35 heavy (non-hydrogen) atoms. The van der Waals surface area contributed by atoms with Crippen molar-refractivity contribution < 1.29 is 17.9 Å². The molecule has 3 aliphatic heterocycles. The minimum absolute atomic E-state index is 0.114. The summed E-state index contributed by atoms with van der Waals surface area (Å²) in [5.41, 5.74) is 2.34. The Morgan fingerprint density at radius 1 is 0.800 bits per heavy atom. The zero-order valence-electron chi connectivity index (χ0n) is 20.0. The second-order valence-corrected chi connectivity index (χ2v) is 11.2. The molecule has 1 amide bonds. The van der Waals surface area contributed by atoms with Gasteiger partial charge >= 0.3 is 0 Å². The first-order valence-corrected chi connectivity index (χ1v) is 13.9. The second-order valence-electron chi connectivity index (χ2n) is 9.23. The van der Waals surface area contributed by atoms with Gasteiger partial charge in [0.1, 0.15) is 0 Å². The molecule has 0 saturated carbocycles. The van der Waals surface area contributed by atoms with Crippen LogP contribution in [-0.2, 0) is 14.8 Å². The summed E-state index contributed by atoms with van der Waals surface area (Å²) >= 11 is 0. The lowest BCUT2D eigenvalue weighted by atomic mass is 10.1. The van der Waals surface area contributed by atoms with Gasteiger partial charge in [0.05, 0.1) is 23.7 Å². The highest BCUT2D eigenvalue weighted by Gasteiger charge is 2.31. The quantitative estimate of drug-likeness (QED) is 0.622. The van der Waals surface area contributed by atoms with E-state index in [1.165, 1.54) is 0 Å². The molecule has 0 atom stereocenters. The number of carbonyl (C=O) groups excluding carboxylic acids is 1. The number of nitrogens with zero attached hydrogens (tertiary/aromatic N) is 5. The fraction of sp³-hybridized carbons (Fsp3) is 0.520. The standard InChI is InChI=1S/C25H33N5O4S/c31-25(29-14-12-27(13-15-29)21-6-8-26-9-7-21)23-20-22(35(32,33)30-10-2-1-3-11-30)4-5-24(23)28-16-18-34-19-17-28/h4-9,20H,1-3,10-19H2. The molecule has 10 heteroatoms. The number of ether oxygens (including phenoxy) is 1. The molecular formula is C25H33N5O4S. The lowest BCUT2D eigenvalue weighted by Crippen LogP contribution is -2.49. The molecule has 0 aliphatic carbocycles. The van der Waals surface area contributed by atoms with Gasteiger partial charge in [-0.2, -0.15) is 4.31 Å². The van der Waals surface area contributed by atoms with Crippen LogP contribution < -0.4 is 9.80 Å². The maximum absolute atomic E-state index is 13.8. The molecule has 2 aromatic rings. The van der Waals surface area contributed by atoms with E-state index in [2.05, 4.69) is 14.8 Å². The summed E-state index contributed by atoms with van der Waals surface area (Å²) in [4.78, 5) is 24.3. The Morgan fingerprint density at radius 3 is 2.17 bits per heavy atom. The summed E-state index contributed by atoms with van der Waals surface area (Å²) in [7, 11) is -3.64. The van der Waals surface area contributed by atoms with Gasteiger partial charge in [0.25, 0.3) is 5.91 Å². The number of piperazine rings is 1. The van der Waals surface area contributed by atoms with Crippen LogP contribution in [0, 0.1) is 0 Å². The average molecular weight is 500 g/mol. The van der Waals surface area contributed by atoms with Gasteiger partial charge in [0.15, 0.2) is 0 Å². The van der Waals surface area contributed by atoms with E-state index >= 15 is 0 Å². The van der Waals surface area contributed by atoms with Gasteiger partial charge in [-0.3, -0.25) is 9.78 Å². The first kappa shape index (κ1) is 24.0. The van der Waals surface area contributed by atoms with Crippen molar-refractivity contribution in [2.45, 2.75) is 24.2 Å². The SMILES string of the molecule is O=C(c1cc(S(=O)(=O)N2CCCCC2)ccc1N1CCOCC1)N1CCN(c2ccncc2)CC1. The third-order valence-electron chi connectivity index (χ3n) is 7.10. The van der Waals surface area contributed by atoms with Crippen molar-refractivity contribution in [3.05, 3.63) is 48.3 Å². The number of carbonyl (C=O) groups is 1. The first-order chi connectivity index (χ1) is 17.0. The van der Waals surface area contributed by atoms with Crippen molar-refractivity contribution in [3.63, 3.8) is 0 Å². The van der Waals surface area contributed by atoms with Gasteiger partial charge in [-0.1, -0.05) is 6.42 Å². The van der Waals surface area contributed by atoms with Gasteiger partial charge in [-0.25, -0.2) is 8.42 Å². The molecule has 1 aromatic heterocycles. The summed E-state index contributed by atoms with van der Waals surface area (Å²) < 4.78 is 33.8. The maximum atomic E-state index is 13.8. The number of piperidine rings is 1. The number of hydrogen-bond donors (Lipinski definition) is 0. The Morgan fingerprint density at radius 2 is 1.49 bits per heavy atom. The number of amides is 1. The second kappa shape index (κ2) is 10.5. The van der Waals surface area contributed by atoms with E-state index in [-0.39, 0.29) is 10.8 Å². The average Bonchev–Trinajstić information content (AvgIpc) is 2.94. The van der Waals surface area contributed by atoms with Crippen molar-refractivity contribution in [1.29, 1.82) is 0 Å². The monoisotopic (exact) mass is 499 g/mol. The molecule has 1 aromatic carbocycles. The van der Waals surface area contributed by atoms with Crippen LogP contribution in [0.4, 0.5) is 11.4 Å². The lowest BCUT2D eigenvalue weighted by molar-refractivity contribution is 0.0746. The highest BCUT2D eigenvalue weighted by molar-refractivity contribution is 7.89. The molecule has 3 fully saturated rings. The molecular weight excluding hydrogens is 466 g/mol. The Hall–Kier alpha value is -2.69. The third-order valence-corrected chi connectivity index (χ3v) is 8.99. The number of sulfonamides is 1. The third kappa shape index (κ3) is 5.14. The van der Waals surface area contributed by atoms with Gasteiger partial charge in [-0.05, 0) is 43.2 Å². The molecule has 0 N–H and O–H groups in total. The highest BCUT2D eigenvalue weighted by atomic mass is 32.2. The number of benzene rings is 1. The number of pyridine rings is 1. The number of rotatable bonds is 5. The fourth-order valence-electron chi connectivity index (χ4n) is 5.07. The molecule has 188 valence electrons. The molecule has 4 heterocycles. The summed E-state index contributed by atoms with van der Waals surface area (Å²) in [6.45, 7) is 6.19. The first-order valence-electron chi connectivity index (χ1n) is 12.5. The van der Waals surface area contributed by atoms with E-state index < -0.39 is 10.0 Å². The van der Waals surface area contributed by atoms with Crippen molar-refractivity contribution >= 4 is 27.3 Å². The zero-order valence-corrected chi connectivity index (χ0v) is 20.8. The Kier molecular flexibility index (Phi) is 7.22. The van der Waals surface area contributed by atoms with Crippen LogP contribution in [0.2, 0.25) is 0 Å². The predicted octanol–water partition coefficient (Wildman–Crippen LogP) is 2.06. The molecule has 0 unspecified atom stereocenters. The maximum Gasteiger partial charge on any atom is 0.256 e. The predicted molar refractivity (Wildman–Crippen MR) is 134 cm³/mol. The van der Waals surface area contributed by atoms with E-state index in [1.807, 2.05) is 23.1 Å². The lowest BCUT2D eigenvalue weighted by Gasteiger charge is -2.37. The van der Waals surface area contributed by atoms with Crippen LogP contribution in [0.3, 0.4) is 0 Å². The van der Waals surface area contributed by atoms with Crippen molar-refractivity contribution in [2.24, 2.45) is 0 Å². The van der Waals surface area contributed by atoms with Gasteiger partial charge < -0.3 is 19.4 Å². The topological polar surface area (TPSA) is 86.3 Å². The molecule has 3 saturated heterocycles. The molecule has 0 bridgehead atoms. The van der Waals surface area contributed by atoms with E-state index in [0.717, 1.165) is 30.6 Å². The van der Waals surface area contributed by atoms with Crippen LogP contribution in [0.5, 0.6) is 0 Å². The molecule has 3 aliphatic rings. The Labute approximate surface area is 207 Å². The van der Waals surface area contributed by atoms with E-state index in [0.29, 0.717) is 71.1 Å². The summed E-state index contributed by atoms with van der Waals surface area (Å²) in [6.07, 6.45) is 6.35. The normalized spacial score (nSPS) is 20.2. The molecule has 5 rings (SSSR count). The zero-order chi connectivity index (χ0) is 24.3. The van der Waals surface area contributed by atoms with Crippen LogP contribution in [-0.4, -0.2) is 94.1 Å². The minimum atomic E-state index is -3.64. The van der Waals surface area contributed by atoms with E-state index in [4.69, 9.17) is 4.74 Å². The minimum Gasteiger partial charge on any atom is -0.378 e. The van der Waals surface area contributed by atoms with Gasteiger partial charge in [0, 0.05) is 76.1 Å². The molecule has 0 spiro atoms. The van der Waals surface area contributed by atoms with Crippen LogP contribution in [0.1, 0.15) is 29.6 Å². The Bertz CT molecular complexity index is 1120. The highest BCUT2D eigenvalue weighted by Crippen LogP contribution is 2.29. The number of morpholine rings is 1. The number of anilines is 2. The Balaban J connectivity index is 1.41. The van der Waals surface area contributed by atoms with Crippen LogP contribution >= 0.6 is 0 Å². The van der Waals surface area contributed by atoms with E-state index in [9.17, 15) is 13.2 Å². The largest absolute Gasteiger partial charge is 0.378 e. The molecule has 9 nitrogen and oxygen atoms in total. The van der Waals surface area contributed by atoms with E-state index in [1.54, 1.807) is 28.8 Å². The van der Waals surface area contributed by atoms with Crippen molar-refractivity contribution in [3.8, 4) is 0 Å². The summed E-state index contributed by atoms with van der Waals surface area (Å²) in [6, 6.07) is 9.02. The summed E-state index contributed by atoms with van der Waals surface area (Å²) in [5.74, 6) is -0.114. The number of aromatic nitrogens is 1. The number of hydrogen-bond acceptors (Lipinski definition) is 7. The van der Waals surface area contributed by atoms with Gasteiger partial charge in [0.2, 0.25) is 10.0 Å². The van der Waals surface area contributed by atoms with Crippen LogP contribution in [0.15, 0.2) is 47.6 Å². The van der Waals surface area contributed by atoms with Crippen molar-refractivity contribution in [2.75, 3.05) is 75.4 Å². The van der Waals surface area contributed by atoms with Gasteiger partial charge in [-0.15, -0.1) is 0 Å².